The van der Waals surface area contributed by atoms with Gasteiger partial charge in [-0.05, 0) is 36.8 Å². The van der Waals surface area contributed by atoms with Crippen LogP contribution in [0.15, 0.2) is 60.9 Å². The van der Waals surface area contributed by atoms with Gasteiger partial charge in [-0.3, -0.25) is 4.79 Å². The van der Waals surface area contributed by atoms with Crippen molar-refractivity contribution in [3.63, 3.8) is 0 Å². The number of anilines is 2. The van der Waals surface area contributed by atoms with Crippen LogP contribution < -0.4 is 10.6 Å². The summed E-state index contributed by atoms with van der Waals surface area (Å²) in [7, 11) is 0. The minimum Gasteiger partial charge on any atom is -0.351 e. The van der Waals surface area contributed by atoms with Crippen LogP contribution in [0.2, 0.25) is 5.02 Å². The van der Waals surface area contributed by atoms with Crippen LogP contribution in [0.3, 0.4) is 0 Å². The second-order valence-electron chi connectivity index (χ2n) is 6.34. The molecule has 0 aliphatic carbocycles. The summed E-state index contributed by atoms with van der Waals surface area (Å²) in [5, 5.41) is 11.2. The first-order chi connectivity index (χ1) is 12.6. The Morgan fingerprint density at radius 2 is 1.88 bits per heavy atom. The van der Waals surface area contributed by atoms with E-state index in [1.807, 2.05) is 37.3 Å². The summed E-state index contributed by atoms with van der Waals surface area (Å²) in [5.74, 6) is 0.228. The number of benzene rings is 2. The van der Waals surface area contributed by atoms with Gasteiger partial charge in [0.1, 0.15) is 6.33 Å². The number of rotatable bonds is 3. The lowest BCUT2D eigenvalue weighted by Gasteiger charge is -2.36. The number of amides is 1. The molecule has 0 fully saturated rings. The van der Waals surface area contributed by atoms with Crippen molar-refractivity contribution in [3.8, 4) is 0 Å². The highest BCUT2D eigenvalue weighted by atomic mass is 35.5. The highest BCUT2D eigenvalue weighted by Crippen LogP contribution is 2.36. The minimum absolute atomic E-state index is 0.0812. The third kappa shape index (κ3) is 3.04. The second-order valence-corrected chi connectivity index (χ2v) is 6.78. The van der Waals surface area contributed by atoms with Crippen molar-refractivity contribution >= 4 is 29.1 Å². The zero-order valence-electron chi connectivity index (χ0n) is 14.1. The molecule has 3 aromatic rings. The van der Waals surface area contributed by atoms with E-state index in [4.69, 9.17) is 11.6 Å². The fourth-order valence-electron chi connectivity index (χ4n) is 3.40. The molecule has 2 N–H and O–H groups in total. The Morgan fingerprint density at radius 3 is 2.62 bits per heavy atom. The number of halogens is 1. The molecule has 0 saturated carbocycles. The maximum Gasteiger partial charge on any atom is 0.232 e. The number of nitrogens with one attached hydrogen (secondary N) is 2. The molecule has 2 aromatic carbocycles. The van der Waals surface area contributed by atoms with Gasteiger partial charge in [-0.1, -0.05) is 41.9 Å². The first-order valence-corrected chi connectivity index (χ1v) is 8.78. The molecule has 0 saturated heterocycles. The molecular formula is C19H18ClN5O. The highest BCUT2D eigenvalue weighted by Gasteiger charge is 2.41. The maximum atomic E-state index is 13.1. The summed E-state index contributed by atoms with van der Waals surface area (Å²) in [5.41, 5.74) is 1.73. The van der Waals surface area contributed by atoms with E-state index in [0.717, 1.165) is 5.56 Å². The van der Waals surface area contributed by atoms with Crippen molar-refractivity contribution in [2.45, 2.75) is 19.0 Å². The third-order valence-corrected chi connectivity index (χ3v) is 4.88. The molecule has 1 aliphatic heterocycles. The lowest BCUT2D eigenvalue weighted by Crippen LogP contribution is -2.46. The number of aromatic nitrogens is 3. The van der Waals surface area contributed by atoms with Crippen molar-refractivity contribution in [1.82, 2.24) is 14.8 Å². The molecule has 0 unspecified atom stereocenters. The molecule has 132 valence electrons. The van der Waals surface area contributed by atoms with Crippen molar-refractivity contribution < 1.29 is 4.79 Å². The molecule has 1 aromatic heterocycles. The van der Waals surface area contributed by atoms with Gasteiger partial charge in [0, 0.05) is 16.8 Å². The number of carbonyl (C=O) groups excluding carboxylic acids is 1. The first kappa shape index (κ1) is 16.6. The predicted molar refractivity (Wildman–Crippen MR) is 101 cm³/mol. The first-order valence-electron chi connectivity index (χ1n) is 8.41. The summed E-state index contributed by atoms with van der Waals surface area (Å²) in [6.45, 7) is 1.99. The van der Waals surface area contributed by atoms with Crippen molar-refractivity contribution in [2.24, 2.45) is 5.92 Å². The van der Waals surface area contributed by atoms with Crippen LogP contribution >= 0.6 is 11.6 Å². The van der Waals surface area contributed by atoms with E-state index in [1.165, 1.54) is 6.33 Å². The van der Waals surface area contributed by atoms with Gasteiger partial charge in [0.15, 0.2) is 0 Å². The van der Waals surface area contributed by atoms with E-state index in [0.29, 0.717) is 16.7 Å². The molecule has 6 nitrogen and oxygen atoms in total. The van der Waals surface area contributed by atoms with E-state index in [2.05, 4.69) is 20.7 Å². The average molecular weight is 368 g/mol. The Bertz CT molecular complexity index is 909. The average Bonchev–Trinajstić information content (AvgIpc) is 3.11. The SMILES string of the molecule is C[C@@H]1Nc2ncnn2[C@@H](c2ccccc2)[C@H]1C(=O)Nc1ccc(Cl)cc1. The van der Waals surface area contributed by atoms with Crippen LogP contribution in [0.5, 0.6) is 0 Å². The summed E-state index contributed by atoms with van der Waals surface area (Å²) >= 11 is 5.93. The molecule has 0 bridgehead atoms. The van der Waals surface area contributed by atoms with Crippen LogP contribution in [0, 0.1) is 5.92 Å². The van der Waals surface area contributed by atoms with Gasteiger partial charge in [0.25, 0.3) is 0 Å². The quantitative estimate of drug-likeness (QED) is 0.742. The maximum absolute atomic E-state index is 13.1. The number of fused-ring (bicyclic) bond motifs is 1. The molecule has 1 aliphatic rings. The summed E-state index contributed by atoms with van der Waals surface area (Å²) < 4.78 is 1.78. The van der Waals surface area contributed by atoms with Gasteiger partial charge < -0.3 is 10.6 Å². The molecule has 7 heteroatoms. The Morgan fingerprint density at radius 1 is 1.15 bits per heavy atom. The monoisotopic (exact) mass is 367 g/mol. The number of hydrogen-bond acceptors (Lipinski definition) is 4. The topological polar surface area (TPSA) is 71.8 Å². The predicted octanol–water partition coefficient (Wildman–Crippen LogP) is 3.59. The largest absolute Gasteiger partial charge is 0.351 e. The normalized spacial score (nSPS) is 21.5. The lowest BCUT2D eigenvalue weighted by molar-refractivity contribution is -0.121. The Labute approximate surface area is 156 Å². The second kappa shape index (κ2) is 6.80. The number of nitrogens with zero attached hydrogens (tertiary/aromatic N) is 3. The smallest absolute Gasteiger partial charge is 0.232 e. The van der Waals surface area contributed by atoms with Crippen molar-refractivity contribution in [1.29, 1.82) is 0 Å². The van der Waals surface area contributed by atoms with Gasteiger partial charge in [-0.25, -0.2) is 4.68 Å². The highest BCUT2D eigenvalue weighted by molar-refractivity contribution is 6.30. The van der Waals surface area contributed by atoms with Gasteiger partial charge in [-0.15, -0.1) is 0 Å². The van der Waals surface area contributed by atoms with Crippen LogP contribution in [-0.4, -0.2) is 26.7 Å². The zero-order chi connectivity index (χ0) is 18.1. The van der Waals surface area contributed by atoms with Crippen molar-refractivity contribution in [3.05, 3.63) is 71.5 Å². The van der Waals surface area contributed by atoms with Gasteiger partial charge in [0.05, 0.1) is 12.0 Å². The standard InChI is InChI=1S/C19H18ClN5O/c1-12-16(18(26)24-15-9-7-14(20)8-10-15)17(13-5-3-2-4-6-13)25-19(23-12)21-11-22-25/h2-12,16-17H,1H3,(H,24,26)(H,21,22,23)/t12-,16-,17-/m0/s1. The van der Waals surface area contributed by atoms with Gasteiger partial charge in [-0.2, -0.15) is 10.1 Å². The molecule has 26 heavy (non-hydrogen) atoms. The summed E-state index contributed by atoms with van der Waals surface area (Å²) in [6.07, 6.45) is 1.50. The van der Waals surface area contributed by atoms with E-state index < -0.39 is 0 Å². The van der Waals surface area contributed by atoms with Crippen LogP contribution in [0.25, 0.3) is 0 Å². The van der Waals surface area contributed by atoms with E-state index in [-0.39, 0.29) is 23.9 Å². The van der Waals surface area contributed by atoms with Gasteiger partial charge >= 0.3 is 0 Å². The fourth-order valence-corrected chi connectivity index (χ4v) is 3.53. The summed E-state index contributed by atoms with van der Waals surface area (Å²) in [4.78, 5) is 17.4. The Balaban J connectivity index is 1.70. The molecule has 0 spiro atoms. The molecule has 4 rings (SSSR count). The van der Waals surface area contributed by atoms with Crippen molar-refractivity contribution in [2.75, 3.05) is 10.6 Å². The number of carbonyl (C=O) groups is 1. The number of hydrogen-bond donors (Lipinski definition) is 2. The van der Waals surface area contributed by atoms with E-state index >= 15 is 0 Å². The lowest BCUT2D eigenvalue weighted by atomic mass is 9.85. The molecule has 0 radical (unpaired) electrons. The molecule has 3 atom stereocenters. The zero-order valence-corrected chi connectivity index (χ0v) is 14.9. The Kier molecular flexibility index (Phi) is 4.34. The van der Waals surface area contributed by atoms with E-state index in [9.17, 15) is 4.79 Å². The van der Waals surface area contributed by atoms with E-state index in [1.54, 1.807) is 28.9 Å². The molecular weight excluding hydrogens is 350 g/mol. The third-order valence-electron chi connectivity index (χ3n) is 4.63. The van der Waals surface area contributed by atoms with Crippen LogP contribution in [0.1, 0.15) is 18.5 Å². The fraction of sp³-hybridized carbons (Fsp3) is 0.211. The van der Waals surface area contributed by atoms with Gasteiger partial charge in [0.2, 0.25) is 11.9 Å². The van der Waals surface area contributed by atoms with Crippen LogP contribution in [-0.2, 0) is 4.79 Å². The minimum atomic E-state index is -0.359. The Hall–Kier alpha value is -2.86. The molecule has 1 amide bonds. The molecule has 2 heterocycles. The van der Waals surface area contributed by atoms with Crippen LogP contribution in [0.4, 0.5) is 11.6 Å². The summed E-state index contributed by atoms with van der Waals surface area (Å²) in [6, 6.07) is 16.7.